The summed E-state index contributed by atoms with van der Waals surface area (Å²) in [5, 5.41) is 0. The van der Waals surface area contributed by atoms with Crippen LogP contribution < -0.4 is 9.47 Å². The zero-order valence-electron chi connectivity index (χ0n) is 11.0. The van der Waals surface area contributed by atoms with Gasteiger partial charge in [-0.3, -0.25) is 0 Å². The van der Waals surface area contributed by atoms with Crippen LogP contribution in [0.3, 0.4) is 0 Å². The van der Waals surface area contributed by atoms with Gasteiger partial charge in [0.25, 0.3) is 0 Å². The Balaban J connectivity index is 2.29. The summed E-state index contributed by atoms with van der Waals surface area (Å²) in [6.45, 7) is 0. The molecule has 0 atom stereocenters. The van der Waals surface area contributed by atoms with E-state index in [4.69, 9.17) is 0 Å². The lowest BCUT2D eigenvalue weighted by atomic mass is 10.1. The molecule has 0 fully saturated rings. The number of rotatable bonds is 3. The van der Waals surface area contributed by atoms with Crippen LogP contribution >= 0.6 is 22.6 Å². The second kappa shape index (κ2) is 6.46. The minimum Gasteiger partial charge on any atom is -0.406 e. The summed E-state index contributed by atoms with van der Waals surface area (Å²) in [6, 6.07) is 8.92. The predicted octanol–water partition coefficient (Wildman–Crippen LogP) is 5.76. The number of alkyl halides is 6. The molecule has 0 bridgehead atoms. The zero-order valence-corrected chi connectivity index (χ0v) is 13.2. The molecule has 23 heavy (non-hydrogen) atoms. The molecule has 0 N–H and O–H groups in total. The molecule has 0 aliphatic carbocycles. The molecule has 2 aromatic carbocycles. The molecule has 0 saturated heterocycles. The van der Waals surface area contributed by atoms with Gasteiger partial charge in [0.15, 0.2) is 0 Å². The first-order valence-corrected chi connectivity index (χ1v) is 7.03. The Bertz CT molecular complexity index is 696. The molecule has 0 spiro atoms. The molecule has 0 aliphatic heterocycles. The van der Waals surface area contributed by atoms with Crippen LogP contribution in [0, 0.1) is 3.57 Å². The third-order valence-corrected chi connectivity index (χ3v) is 3.40. The third kappa shape index (κ3) is 5.48. The van der Waals surface area contributed by atoms with Gasteiger partial charge in [-0.1, -0.05) is 18.2 Å². The summed E-state index contributed by atoms with van der Waals surface area (Å²) in [7, 11) is 0. The highest BCUT2D eigenvalue weighted by atomic mass is 127. The minimum absolute atomic E-state index is 0.166. The molecular weight excluding hydrogens is 441 g/mol. The molecule has 2 nitrogen and oxygen atoms in total. The molecule has 0 aromatic heterocycles. The van der Waals surface area contributed by atoms with Gasteiger partial charge in [-0.15, -0.1) is 26.3 Å². The topological polar surface area (TPSA) is 18.5 Å². The smallest absolute Gasteiger partial charge is 0.406 e. The van der Waals surface area contributed by atoms with E-state index >= 15 is 0 Å². The molecule has 0 aliphatic rings. The summed E-state index contributed by atoms with van der Waals surface area (Å²) in [4.78, 5) is 0. The van der Waals surface area contributed by atoms with Gasteiger partial charge < -0.3 is 9.47 Å². The lowest BCUT2D eigenvalue weighted by Crippen LogP contribution is -2.17. The fourth-order valence-electron chi connectivity index (χ4n) is 1.76. The monoisotopic (exact) mass is 448 g/mol. The lowest BCUT2D eigenvalue weighted by Gasteiger charge is -2.13. The van der Waals surface area contributed by atoms with Crippen molar-refractivity contribution in [3.05, 3.63) is 46.0 Å². The summed E-state index contributed by atoms with van der Waals surface area (Å²) in [5.41, 5.74) is 0.791. The van der Waals surface area contributed by atoms with Crippen molar-refractivity contribution in [2.75, 3.05) is 0 Å². The van der Waals surface area contributed by atoms with Gasteiger partial charge in [0.05, 0.1) is 3.57 Å². The van der Waals surface area contributed by atoms with Crippen molar-refractivity contribution in [2.24, 2.45) is 0 Å². The summed E-state index contributed by atoms with van der Waals surface area (Å²) in [6.07, 6.45) is -9.64. The average Bonchev–Trinajstić information content (AvgIpc) is 2.38. The number of halogens is 7. The van der Waals surface area contributed by atoms with Gasteiger partial charge in [0, 0.05) is 0 Å². The van der Waals surface area contributed by atoms with Gasteiger partial charge in [-0.2, -0.15) is 0 Å². The molecule has 2 rings (SSSR count). The van der Waals surface area contributed by atoms with E-state index < -0.39 is 18.5 Å². The normalized spacial score (nSPS) is 12.1. The number of hydrogen-bond acceptors (Lipinski definition) is 2. The van der Waals surface area contributed by atoms with Crippen molar-refractivity contribution in [3.63, 3.8) is 0 Å². The van der Waals surface area contributed by atoms with Crippen LogP contribution in [0.2, 0.25) is 0 Å². The summed E-state index contributed by atoms with van der Waals surface area (Å²) >= 11 is 1.65. The van der Waals surface area contributed by atoms with Crippen LogP contribution in [0.1, 0.15) is 0 Å². The second-order valence-electron chi connectivity index (χ2n) is 4.27. The SMILES string of the molecule is FC(F)(F)Oc1cccc(-c2ccc(OC(F)(F)F)c(I)c2)c1. The van der Waals surface area contributed by atoms with Crippen LogP contribution in [-0.2, 0) is 0 Å². The Labute approximate surface area is 140 Å². The van der Waals surface area contributed by atoms with Gasteiger partial charge >= 0.3 is 12.7 Å². The first kappa shape index (κ1) is 17.7. The van der Waals surface area contributed by atoms with Crippen molar-refractivity contribution < 1.29 is 35.8 Å². The van der Waals surface area contributed by atoms with Gasteiger partial charge in [-0.25, -0.2) is 0 Å². The molecule has 0 saturated carbocycles. The molecule has 124 valence electrons. The molecule has 0 amide bonds. The largest absolute Gasteiger partial charge is 0.573 e. The Kier molecular flexibility index (Phi) is 4.97. The molecule has 2 aromatic rings. The maximum atomic E-state index is 12.2. The van der Waals surface area contributed by atoms with Crippen molar-refractivity contribution in [1.82, 2.24) is 0 Å². The first-order chi connectivity index (χ1) is 10.5. The predicted molar refractivity (Wildman–Crippen MR) is 78.0 cm³/mol. The molecule has 0 radical (unpaired) electrons. The van der Waals surface area contributed by atoms with E-state index in [1.807, 2.05) is 0 Å². The van der Waals surface area contributed by atoms with E-state index in [0.717, 1.165) is 18.2 Å². The highest BCUT2D eigenvalue weighted by molar-refractivity contribution is 14.1. The van der Waals surface area contributed by atoms with Crippen molar-refractivity contribution >= 4 is 22.6 Å². The van der Waals surface area contributed by atoms with Crippen LogP contribution in [-0.4, -0.2) is 12.7 Å². The Morgan fingerprint density at radius 2 is 1.35 bits per heavy atom. The number of hydrogen-bond donors (Lipinski definition) is 0. The first-order valence-electron chi connectivity index (χ1n) is 5.95. The number of ether oxygens (including phenoxy) is 2. The maximum absolute atomic E-state index is 12.2. The van der Waals surface area contributed by atoms with Crippen LogP contribution in [0.5, 0.6) is 11.5 Å². The Hall–Kier alpha value is -1.65. The molecule has 9 heteroatoms. The number of benzene rings is 2. The molecule has 0 unspecified atom stereocenters. The quantitative estimate of drug-likeness (QED) is 0.440. The fraction of sp³-hybridized carbons (Fsp3) is 0.143. The van der Waals surface area contributed by atoms with Crippen LogP contribution in [0.25, 0.3) is 11.1 Å². The zero-order chi connectivity index (χ0) is 17.3. The van der Waals surface area contributed by atoms with Crippen molar-refractivity contribution in [2.45, 2.75) is 12.7 Å². The Morgan fingerprint density at radius 1 is 0.739 bits per heavy atom. The fourth-order valence-corrected chi connectivity index (χ4v) is 2.39. The molecule has 0 heterocycles. The maximum Gasteiger partial charge on any atom is 0.573 e. The third-order valence-electron chi connectivity index (χ3n) is 2.56. The summed E-state index contributed by atoms with van der Waals surface area (Å²) in [5.74, 6) is -0.801. The van der Waals surface area contributed by atoms with E-state index in [2.05, 4.69) is 9.47 Å². The van der Waals surface area contributed by atoms with E-state index in [-0.39, 0.29) is 9.32 Å². The van der Waals surface area contributed by atoms with E-state index in [9.17, 15) is 26.3 Å². The second-order valence-corrected chi connectivity index (χ2v) is 5.43. The van der Waals surface area contributed by atoms with E-state index in [1.54, 1.807) is 22.6 Å². The van der Waals surface area contributed by atoms with Gasteiger partial charge in [-0.05, 0) is 58.0 Å². The van der Waals surface area contributed by atoms with Gasteiger partial charge in [0.1, 0.15) is 11.5 Å². The summed E-state index contributed by atoms with van der Waals surface area (Å²) < 4.78 is 81.0. The van der Waals surface area contributed by atoms with Crippen LogP contribution in [0.15, 0.2) is 42.5 Å². The van der Waals surface area contributed by atoms with Crippen molar-refractivity contribution in [3.8, 4) is 22.6 Å². The van der Waals surface area contributed by atoms with Crippen LogP contribution in [0.4, 0.5) is 26.3 Å². The van der Waals surface area contributed by atoms with E-state index in [0.29, 0.717) is 11.1 Å². The lowest BCUT2D eigenvalue weighted by molar-refractivity contribution is -0.275. The van der Waals surface area contributed by atoms with E-state index in [1.165, 1.54) is 24.3 Å². The standard InChI is InChI=1S/C14H7F6IO2/c15-13(16,17)22-10-3-1-2-8(6-10)9-4-5-12(11(21)7-9)23-14(18,19)20/h1-7H. The highest BCUT2D eigenvalue weighted by Gasteiger charge is 2.32. The highest BCUT2D eigenvalue weighted by Crippen LogP contribution is 2.33. The van der Waals surface area contributed by atoms with Crippen molar-refractivity contribution in [1.29, 1.82) is 0 Å². The molecular formula is C14H7F6IO2. The minimum atomic E-state index is -4.82. The Morgan fingerprint density at radius 3 is 1.91 bits per heavy atom. The van der Waals surface area contributed by atoms with Gasteiger partial charge in [0.2, 0.25) is 0 Å². The average molecular weight is 448 g/mol.